The number of ether oxygens (including phenoxy) is 4. The fourth-order valence-electron chi connectivity index (χ4n) is 1.69. The Morgan fingerprint density at radius 3 is 0.952 bits per heavy atom. The van der Waals surface area contributed by atoms with Crippen molar-refractivity contribution in [3.63, 3.8) is 0 Å². The zero-order valence-electron chi connectivity index (χ0n) is 12.9. The van der Waals surface area contributed by atoms with Crippen LogP contribution >= 0.6 is 0 Å². The van der Waals surface area contributed by atoms with Crippen LogP contribution in [-0.4, -0.2) is 52.9 Å². The van der Waals surface area contributed by atoms with Gasteiger partial charge in [0.2, 0.25) is 0 Å². The Kier molecular flexibility index (Phi) is 13.0. The van der Waals surface area contributed by atoms with E-state index in [2.05, 4.69) is 26.3 Å². The lowest BCUT2D eigenvalue weighted by Gasteiger charge is -2.32. The summed E-state index contributed by atoms with van der Waals surface area (Å²) in [4.78, 5) is 0. The molecule has 0 aliphatic carbocycles. The first-order valence-electron chi connectivity index (χ1n) is 6.99. The standard InChI is InChI=1S/C17H28O4/c1-5-9-18-13-17(14-19-10-6-2,15-20-11-7-3)16-21-12-8-4/h5-8H,1-4,9-16H2. The van der Waals surface area contributed by atoms with Crippen LogP contribution in [0.3, 0.4) is 0 Å². The van der Waals surface area contributed by atoms with Gasteiger partial charge in [-0.2, -0.15) is 0 Å². The third-order valence-corrected chi connectivity index (χ3v) is 2.58. The summed E-state index contributed by atoms with van der Waals surface area (Å²) in [6, 6.07) is 0. The Balaban J connectivity index is 4.66. The number of hydrogen-bond donors (Lipinski definition) is 0. The van der Waals surface area contributed by atoms with Crippen molar-refractivity contribution in [2.24, 2.45) is 5.41 Å². The van der Waals surface area contributed by atoms with Crippen LogP contribution < -0.4 is 0 Å². The Morgan fingerprint density at radius 1 is 0.524 bits per heavy atom. The van der Waals surface area contributed by atoms with E-state index in [9.17, 15) is 0 Å². The summed E-state index contributed by atoms with van der Waals surface area (Å²) >= 11 is 0. The van der Waals surface area contributed by atoms with E-state index in [-0.39, 0.29) is 5.41 Å². The zero-order chi connectivity index (χ0) is 15.8. The summed E-state index contributed by atoms with van der Waals surface area (Å²) in [6.45, 7) is 18.4. The highest BCUT2D eigenvalue weighted by Gasteiger charge is 2.32. The molecular formula is C17H28O4. The summed E-state index contributed by atoms with van der Waals surface area (Å²) < 4.78 is 22.4. The van der Waals surface area contributed by atoms with Crippen molar-refractivity contribution in [2.45, 2.75) is 0 Å². The zero-order valence-corrected chi connectivity index (χ0v) is 12.9. The van der Waals surface area contributed by atoms with E-state index in [1.807, 2.05) is 0 Å². The molecule has 0 rings (SSSR count). The van der Waals surface area contributed by atoms with Gasteiger partial charge in [0.1, 0.15) is 0 Å². The van der Waals surface area contributed by atoms with Gasteiger partial charge in [-0.25, -0.2) is 0 Å². The molecule has 0 aliphatic heterocycles. The molecule has 120 valence electrons. The SMILES string of the molecule is C=CCOCC(COCC=C)(COCC=C)COCC=C. The second-order valence-corrected chi connectivity index (χ2v) is 4.72. The lowest BCUT2D eigenvalue weighted by atomic mass is 9.92. The molecule has 21 heavy (non-hydrogen) atoms. The summed E-state index contributed by atoms with van der Waals surface area (Å²) in [5.74, 6) is 0. The smallest absolute Gasteiger partial charge is 0.0645 e. The van der Waals surface area contributed by atoms with Crippen LogP contribution in [0.4, 0.5) is 0 Å². The van der Waals surface area contributed by atoms with Crippen LogP contribution in [0.25, 0.3) is 0 Å². The molecule has 0 aromatic heterocycles. The normalized spacial score (nSPS) is 11.0. The minimum absolute atomic E-state index is 0.377. The fraction of sp³-hybridized carbons (Fsp3) is 0.529. The first-order chi connectivity index (χ1) is 10.2. The van der Waals surface area contributed by atoms with Gasteiger partial charge in [0, 0.05) is 0 Å². The van der Waals surface area contributed by atoms with Gasteiger partial charge in [0.25, 0.3) is 0 Å². The van der Waals surface area contributed by atoms with Crippen LogP contribution in [0, 0.1) is 5.41 Å². The molecule has 0 bridgehead atoms. The molecule has 0 amide bonds. The average Bonchev–Trinajstić information content (AvgIpc) is 2.48. The molecule has 0 aromatic carbocycles. The van der Waals surface area contributed by atoms with Crippen molar-refractivity contribution in [2.75, 3.05) is 52.9 Å². The van der Waals surface area contributed by atoms with E-state index >= 15 is 0 Å². The highest BCUT2D eigenvalue weighted by Crippen LogP contribution is 2.21. The Hall–Kier alpha value is -1.20. The van der Waals surface area contributed by atoms with Gasteiger partial charge >= 0.3 is 0 Å². The summed E-state index contributed by atoms with van der Waals surface area (Å²) in [6.07, 6.45) is 6.85. The van der Waals surface area contributed by atoms with Crippen LogP contribution in [0.5, 0.6) is 0 Å². The number of rotatable bonds is 16. The van der Waals surface area contributed by atoms with Crippen molar-refractivity contribution in [1.82, 2.24) is 0 Å². The maximum atomic E-state index is 5.60. The predicted molar refractivity (Wildman–Crippen MR) is 86.5 cm³/mol. The molecule has 0 aromatic rings. The minimum Gasteiger partial charge on any atom is -0.377 e. The predicted octanol–water partition coefficient (Wildman–Crippen LogP) is 2.78. The molecule has 0 saturated heterocycles. The monoisotopic (exact) mass is 296 g/mol. The summed E-state index contributed by atoms with van der Waals surface area (Å²) in [7, 11) is 0. The van der Waals surface area contributed by atoms with Crippen LogP contribution in [0.15, 0.2) is 50.6 Å². The van der Waals surface area contributed by atoms with E-state index in [0.717, 1.165) is 0 Å². The third kappa shape index (κ3) is 10.2. The Morgan fingerprint density at radius 2 is 0.762 bits per heavy atom. The van der Waals surface area contributed by atoms with Gasteiger partial charge in [-0.05, 0) is 0 Å². The van der Waals surface area contributed by atoms with E-state index in [0.29, 0.717) is 52.9 Å². The molecule has 0 heterocycles. The largest absolute Gasteiger partial charge is 0.377 e. The molecule has 0 fully saturated rings. The maximum absolute atomic E-state index is 5.60. The van der Waals surface area contributed by atoms with Crippen molar-refractivity contribution < 1.29 is 18.9 Å². The van der Waals surface area contributed by atoms with Crippen LogP contribution in [0.2, 0.25) is 0 Å². The highest BCUT2D eigenvalue weighted by molar-refractivity contribution is 4.82. The van der Waals surface area contributed by atoms with E-state index < -0.39 is 0 Å². The summed E-state index contributed by atoms with van der Waals surface area (Å²) in [5, 5.41) is 0. The fourth-order valence-corrected chi connectivity index (χ4v) is 1.69. The van der Waals surface area contributed by atoms with Crippen molar-refractivity contribution in [3.8, 4) is 0 Å². The van der Waals surface area contributed by atoms with Gasteiger partial charge in [0.15, 0.2) is 0 Å². The molecule has 0 aliphatic rings. The van der Waals surface area contributed by atoms with E-state index in [4.69, 9.17) is 18.9 Å². The molecule has 0 spiro atoms. The topological polar surface area (TPSA) is 36.9 Å². The van der Waals surface area contributed by atoms with Gasteiger partial charge in [-0.3, -0.25) is 0 Å². The maximum Gasteiger partial charge on any atom is 0.0645 e. The molecular weight excluding hydrogens is 268 g/mol. The quantitative estimate of drug-likeness (QED) is 0.324. The van der Waals surface area contributed by atoms with Crippen LogP contribution in [-0.2, 0) is 18.9 Å². The molecule has 4 heteroatoms. The molecule has 0 atom stereocenters. The van der Waals surface area contributed by atoms with E-state index in [1.54, 1.807) is 24.3 Å². The molecule has 0 radical (unpaired) electrons. The summed E-state index contributed by atoms with van der Waals surface area (Å²) in [5.41, 5.74) is -0.377. The number of hydrogen-bond acceptors (Lipinski definition) is 4. The minimum atomic E-state index is -0.377. The van der Waals surface area contributed by atoms with Gasteiger partial charge in [0.05, 0.1) is 58.3 Å². The Labute approximate surface area is 128 Å². The molecule has 0 saturated carbocycles. The third-order valence-electron chi connectivity index (χ3n) is 2.58. The van der Waals surface area contributed by atoms with E-state index in [1.165, 1.54) is 0 Å². The first kappa shape index (κ1) is 19.8. The molecule has 0 unspecified atom stereocenters. The first-order valence-corrected chi connectivity index (χ1v) is 6.99. The Bertz CT molecular complexity index is 238. The van der Waals surface area contributed by atoms with Crippen LogP contribution in [0.1, 0.15) is 0 Å². The van der Waals surface area contributed by atoms with Gasteiger partial charge < -0.3 is 18.9 Å². The van der Waals surface area contributed by atoms with Gasteiger partial charge in [-0.15, -0.1) is 26.3 Å². The lowest BCUT2D eigenvalue weighted by Crippen LogP contribution is -2.42. The van der Waals surface area contributed by atoms with Crippen molar-refractivity contribution >= 4 is 0 Å². The van der Waals surface area contributed by atoms with Gasteiger partial charge in [-0.1, -0.05) is 24.3 Å². The molecule has 0 N–H and O–H groups in total. The van der Waals surface area contributed by atoms with Crippen molar-refractivity contribution in [1.29, 1.82) is 0 Å². The molecule has 4 nitrogen and oxygen atoms in total. The second kappa shape index (κ2) is 13.8. The second-order valence-electron chi connectivity index (χ2n) is 4.72. The lowest BCUT2D eigenvalue weighted by molar-refractivity contribution is -0.0942. The average molecular weight is 296 g/mol. The highest BCUT2D eigenvalue weighted by atomic mass is 16.5. The van der Waals surface area contributed by atoms with Crippen molar-refractivity contribution in [3.05, 3.63) is 50.6 Å².